The SMILES string of the molecule is Cc1ccc(Sc2ccc(/C=C(/C#N)C(=O)NC(C)c3ccccc3)cc2[N+](=O)[O-])cc1. The van der Waals surface area contributed by atoms with Crippen LogP contribution in [0.1, 0.15) is 29.7 Å². The maximum Gasteiger partial charge on any atom is 0.283 e. The van der Waals surface area contributed by atoms with Gasteiger partial charge in [0.25, 0.3) is 11.6 Å². The van der Waals surface area contributed by atoms with Crippen molar-refractivity contribution < 1.29 is 9.72 Å². The molecule has 1 N–H and O–H groups in total. The van der Waals surface area contributed by atoms with Gasteiger partial charge >= 0.3 is 0 Å². The largest absolute Gasteiger partial charge is 0.345 e. The Hall–Kier alpha value is -3.89. The Labute approximate surface area is 190 Å². The summed E-state index contributed by atoms with van der Waals surface area (Å²) in [7, 11) is 0. The smallest absolute Gasteiger partial charge is 0.283 e. The minimum Gasteiger partial charge on any atom is -0.345 e. The van der Waals surface area contributed by atoms with E-state index >= 15 is 0 Å². The highest BCUT2D eigenvalue weighted by Gasteiger charge is 2.18. The molecule has 1 atom stereocenters. The zero-order chi connectivity index (χ0) is 23.1. The van der Waals surface area contributed by atoms with Crippen molar-refractivity contribution >= 4 is 29.4 Å². The summed E-state index contributed by atoms with van der Waals surface area (Å²) in [5, 5.41) is 23.9. The number of nitrogens with one attached hydrogen (secondary N) is 1. The fraction of sp³-hybridized carbons (Fsp3) is 0.120. The lowest BCUT2D eigenvalue weighted by Gasteiger charge is -2.13. The molecule has 0 saturated carbocycles. The molecule has 0 bridgehead atoms. The topological polar surface area (TPSA) is 96.0 Å². The highest BCUT2D eigenvalue weighted by Crippen LogP contribution is 2.35. The molecule has 0 spiro atoms. The van der Waals surface area contributed by atoms with E-state index in [0.29, 0.717) is 10.5 Å². The maximum atomic E-state index is 12.6. The number of carbonyl (C=O) groups excluding carboxylic acids is 1. The number of hydrogen-bond donors (Lipinski definition) is 1. The number of hydrogen-bond acceptors (Lipinski definition) is 5. The zero-order valence-corrected chi connectivity index (χ0v) is 18.4. The third kappa shape index (κ3) is 5.84. The number of nitro groups is 1. The number of aryl methyl sites for hydroxylation is 1. The standard InChI is InChI=1S/C25H21N3O3S/c1-17-8-11-22(12-9-17)32-24-13-10-19(15-23(24)28(30)31)14-21(16-26)25(29)27-18(2)20-6-4-3-5-7-20/h3-15,18H,1-2H3,(H,27,29)/b21-14-. The minimum absolute atomic E-state index is 0.0836. The second kappa shape index (κ2) is 10.4. The molecule has 6 nitrogen and oxygen atoms in total. The summed E-state index contributed by atoms with van der Waals surface area (Å²) in [5.41, 5.74) is 2.21. The van der Waals surface area contributed by atoms with E-state index in [1.54, 1.807) is 12.1 Å². The van der Waals surface area contributed by atoms with Gasteiger partial charge in [0.1, 0.15) is 11.6 Å². The van der Waals surface area contributed by atoms with Crippen molar-refractivity contribution in [1.82, 2.24) is 5.32 Å². The van der Waals surface area contributed by atoms with E-state index in [-0.39, 0.29) is 17.3 Å². The summed E-state index contributed by atoms with van der Waals surface area (Å²) in [6.07, 6.45) is 1.36. The molecule has 1 amide bonds. The third-order valence-corrected chi connectivity index (χ3v) is 5.82. The summed E-state index contributed by atoms with van der Waals surface area (Å²) in [6.45, 7) is 3.80. The molecule has 3 rings (SSSR count). The van der Waals surface area contributed by atoms with Crippen LogP contribution in [0.3, 0.4) is 0 Å². The van der Waals surface area contributed by atoms with Crippen molar-refractivity contribution in [2.45, 2.75) is 29.7 Å². The van der Waals surface area contributed by atoms with Crippen molar-refractivity contribution in [3.05, 3.63) is 105 Å². The lowest BCUT2D eigenvalue weighted by atomic mass is 10.1. The van der Waals surface area contributed by atoms with Crippen molar-refractivity contribution in [2.75, 3.05) is 0 Å². The molecule has 0 saturated heterocycles. The van der Waals surface area contributed by atoms with Gasteiger partial charge < -0.3 is 5.32 Å². The van der Waals surface area contributed by atoms with Crippen LogP contribution in [0.25, 0.3) is 6.08 Å². The molecule has 0 aliphatic heterocycles. The Morgan fingerprint density at radius 1 is 1.12 bits per heavy atom. The third-order valence-electron chi connectivity index (χ3n) is 4.75. The molecular weight excluding hydrogens is 422 g/mol. The van der Waals surface area contributed by atoms with Crippen molar-refractivity contribution in [2.24, 2.45) is 0 Å². The summed E-state index contributed by atoms with van der Waals surface area (Å²) in [6, 6.07) is 23.4. The Bertz CT molecular complexity index is 1200. The van der Waals surface area contributed by atoms with Crippen LogP contribution in [0, 0.1) is 28.4 Å². The number of amides is 1. The second-order valence-electron chi connectivity index (χ2n) is 7.18. The van der Waals surface area contributed by atoms with Crippen LogP contribution in [0.4, 0.5) is 5.69 Å². The number of carbonyl (C=O) groups is 1. The molecule has 1 unspecified atom stereocenters. The number of benzene rings is 3. The quantitative estimate of drug-likeness (QED) is 0.214. The summed E-state index contributed by atoms with van der Waals surface area (Å²) in [5.74, 6) is -0.537. The van der Waals surface area contributed by atoms with Crippen LogP contribution in [0.2, 0.25) is 0 Å². The Morgan fingerprint density at radius 3 is 2.44 bits per heavy atom. The summed E-state index contributed by atoms with van der Waals surface area (Å²) in [4.78, 5) is 25.1. The maximum absolute atomic E-state index is 12.6. The molecule has 0 radical (unpaired) electrons. The van der Waals surface area contributed by atoms with Gasteiger partial charge in [-0.25, -0.2) is 0 Å². The van der Waals surface area contributed by atoms with Gasteiger partial charge in [-0.3, -0.25) is 14.9 Å². The van der Waals surface area contributed by atoms with Crippen LogP contribution in [-0.2, 0) is 4.79 Å². The molecule has 3 aromatic rings. The molecular formula is C25H21N3O3S. The zero-order valence-electron chi connectivity index (χ0n) is 17.6. The van der Waals surface area contributed by atoms with Crippen molar-refractivity contribution in [3.8, 4) is 6.07 Å². The van der Waals surface area contributed by atoms with E-state index in [0.717, 1.165) is 16.0 Å². The van der Waals surface area contributed by atoms with Gasteiger partial charge in [0.2, 0.25) is 0 Å². The highest BCUT2D eigenvalue weighted by atomic mass is 32.2. The first-order valence-corrected chi connectivity index (χ1v) is 10.7. The van der Waals surface area contributed by atoms with E-state index in [1.807, 2.05) is 74.5 Å². The van der Waals surface area contributed by atoms with Crippen molar-refractivity contribution in [1.29, 1.82) is 5.26 Å². The van der Waals surface area contributed by atoms with Gasteiger partial charge in [0.05, 0.1) is 15.9 Å². The molecule has 0 heterocycles. The van der Waals surface area contributed by atoms with Gasteiger partial charge in [-0.05, 0) is 49.2 Å². The molecule has 160 valence electrons. The average molecular weight is 444 g/mol. The molecule has 7 heteroatoms. The summed E-state index contributed by atoms with van der Waals surface area (Å²) >= 11 is 1.29. The Morgan fingerprint density at radius 2 is 1.81 bits per heavy atom. The van der Waals surface area contributed by atoms with Gasteiger partial charge in [-0.1, -0.05) is 65.9 Å². The van der Waals surface area contributed by atoms with E-state index in [2.05, 4.69) is 5.32 Å². The predicted octanol–water partition coefficient (Wildman–Crippen LogP) is 5.84. The molecule has 0 aromatic heterocycles. The number of nitrogens with zero attached hydrogens (tertiary/aromatic N) is 2. The van der Waals surface area contributed by atoms with Crippen molar-refractivity contribution in [3.63, 3.8) is 0 Å². The fourth-order valence-electron chi connectivity index (χ4n) is 3.00. The first-order chi connectivity index (χ1) is 15.4. The van der Waals surface area contributed by atoms with E-state index < -0.39 is 10.8 Å². The Kier molecular flexibility index (Phi) is 7.42. The van der Waals surface area contributed by atoms with Crippen LogP contribution >= 0.6 is 11.8 Å². The van der Waals surface area contributed by atoms with E-state index in [4.69, 9.17) is 0 Å². The van der Waals surface area contributed by atoms with Crippen LogP contribution in [0.15, 0.2) is 88.2 Å². The average Bonchev–Trinajstić information content (AvgIpc) is 2.80. The summed E-state index contributed by atoms with van der Waals surface area (Å²) < 4.78 is 0. The van der Waals surface area contributed by atoms with Gasteiger partial charge in [0, 0.05) is 11.0 Å². The van der Waals surface area contributed by atoms with Crippen LogP contribution < -0.4 is 5.32 Å². The second-order valence-corrected chi connectivity index (χ2v) is 8.29. The first kappa shape index (κ1) is 22.8. The van der Waals surface area contributed by atoms with Crippen LogP contribution in [-0.4, -0.2) is 10.8 Å². The number of rotatable bonds is 7. The highest BCUT2D eigenvalue weighted by molar-refractivity contribution is 7.99. The molecule has 0 aliphatic rings. The molecule has 0 aliphatic carbocycles. The van der Waals surface area contributed by atoms with Crippen LogP contribution in [0.5, 0.6) is 0 Å². The fourth-order valence-corrected chi connectivity index (χ4v) is 3.90. The van der Waals surface area contributed by atoms with Gasteiger partial charge in [0.15, 0.2) is 0 Å². The van der Waals surface area contributed by atoms with Gasteiger partial charge in [-0.15, -0.1) is 0 Å². The lowest BCUT2D eigenvalue weighted by Crippen LogP contribution is -2.27. The molecule has 32 heavy (non-hydrogen) atoms. The Balaban J connectivity index is 1.83. The molecule has 3 aromatic carbocycles. The monoisotopic (exact) mass is 443 g/mol. The van der Waals surface area contributed by atoms with Gasteiger partial charge in [-0.2, -0.15) is 5.26 Å². The first-order valence-electron chi connectivity index (χ1n) is 9.88. The number of nitro benzene ring substituents is 1. The molecule has 0 fully saturated rings. The number of nitriles is 1. The van der Waals surface area contributed by atoms with E-state index in [1.165, 1.54) is 23.9 Å². The predicted molar refractivity (Wildman–Crippen MR) is 125 cm³/mol. The normalized spacial score (nSPS) is 12.0. The lowest BCUT2D eigenvalue weighted by molar-refractivity contribution is -0.387. The van der Waals surface area contributed by atoms with E-state index in [9.17, 15) is 20.2 Å². The minimum atomic E-state index is -0.537.